The summed E-state index contributed by atoms with van der Waals surface area (Å²) in [7, 11) is -10.4. The lowest BCUT2D eigenvalue weighted by atomic mass is 10.00. The Labute approximate surface area is 413 Å². The van der Waals surface area contributed by atoms with Crippen LogP contribution in [0.5, 0.6) is 0 Å². The summed E-state index contributed by atoms with van der Waals surface area (Å²) in [5.74, 6) is -3.35. The molecule has 0 saturated carbocycles. The summed E-state index contributed by atoms with van der Waals surface area (Å²) in [5.41, 5.74) is -3.02. The number of esters is 2. The smallest absolute Gasteiger partial charge is 0.460 e. The lowest BCUT2D eigenvalue weighted by molar-refractivity contribution is -0.106. The highest BCUT2D eigenvalue weighted by Gasteiger charge is 2.46. The van der Waals surface area contributed by atoms with Gasteiger partial charge < -0.3 is 19.3 Å². The molecule has 0 unspecified atom stereocenters. The number of carbonyl (C=O) groups excluding carboxylic acids is 2. The summed E-state index contributed by atoms with van der Waals surface area (Å²) in [5, 5.41) is 30.6. The maximum absolute atomic E-state index is 13.1. The molecule has 4 aromatic rings. The Balaban J connectivity index is 0.000000264. The Morgan fingerprint density at radius 1 is 0.648 bits per heavy atom. The summed E-state index contributed by atoms with van der Waals surface area (Å²) in [6.07, 6.45) is 2.89. The van der Waals surface area contributed by atoms with Gasteiger partial charge in [0.25, 0.3) is 10.3 Å². The standard InChI is InChI=1S/C21H27F3N6O4S2.C20H25F3N6O4S2/c1-3-5-10-34-19(31)18-26-28-20(35-18)27-25-15-11-14-7-6-9-30(8-4-2)17(14)12-16(15)29-36(32,33)13-21(22,23)24;1-3-5-10-33-18(30)17-25-27-19(34-17)26-24-14-11-13-7-6-9-29(8-4-2)16(13)12-15(14)28-35(31,32)20(21,22)23/h11-12,29H,3-10,13H2,1-2H3;11-12,28H,3-10H2,1-2H3. The number of azo groups is 2. The van der Waals surface area contributed by atoms with Gasteiger partial charge in [-0.3, -0.25) is 9.44 Å². The zero-order chi connectivity index (χ0) is 52.0. The van der Waals surface area contributed by atoms with E-state index < -0.39 is 49.4 Å². The number of nitrogens with zero attached hydrogens (tertiary/aromatic N) is 10. The first-order valence-electron chi connectivity index (χ1n) is 22.4. The van der Waals surface area contributed by atoms with Crippen LogP contribution in [0.3, 0.4) is 0 Å². The van der Waals surface area contributed by atoms with E-state index in [1.807, 2.05) is 37.3 Å². The number of rotatable bonds is 21. The molecule has 0 amide bonds. The van der Waals surface area contributed by atoms with Gasteiger partial charge in [-0.15, -0.1) is 40.9 Å². The first kappa shape index (κ1) is 56.3. The zero-order valence-corrected chi connectivity index (χ0v) is 42.2. The largest absolute Gasteiger partial charge is 0.516 e. The molecule has 30 heteroatoms. The maximum atomic E-state index is 13.1. The molecule has 0 fully saturated rings. The minimum Gasteiger partial charge on any atom is -0.460 e. The summed E-state index contributed by atoms with van der Waals surface area (Å²) < 4.78 is 139. The van der Waals surface area contributed by atoms with Crippen molar-refractivity contribution in [1.82, 2.24) is 20.4 Å². The van der Waals surface area contributed by atoms with Crippen LogP contribution in [0.25, 0.3) is 0 Å². The number of anilines is 4. The van der Waals surface area contributed by atoms with Crippen molar-refractivity contribution < 1.29 is 62.2 Å². The highest BCUT2D eigenvalue weighted by atomic mass is 32.2. The van der Waals surface area contributed by atoms with E-state index in [4.69, 9.17) is 9.47 Å². The van der Waals surface area contributed by atoms with E-state index in [1.54, 1.807) is 10.8 Å². The second kappa shape index (κ2) is 25.2. The predicted molar refractivity (Wildman–Crippen MR) is 255 cm³/mol. The highest BCUT2D eigenvalue weighted by Crippen LogP contribution is 2.41. The SMILES string of the molecule is CCCCOC(=O)c1nnc(N=Nc2cc3c(cc2NS(=O)(=O)C(F)(F)F)N(CCC)CCC3)s1.CCCCOC(=O)c1nnc(N=Nc2cc3c(cc2NS(=O)(=O)CC(F)(F)F)N(CCC)CCC3)s1. The molecule has 0 bridgehead atoms. The van der Waals surface area contributed by atoms with Crippen LogP contribution in [0.1, 0.15) is 110 Å². The molecule has 0 saturated heterocycles. The Morgan fingerprint density at radius 2 is 1.08 bits per heavy atom. The van der Waals surface area contributed by atoms with Gasteiger partial charge in [0.1, 0.15) is 11.4 Å². The molecule has 4 heterocycles. The van der Waals surface area contributed by atoms with E-state index in [-0.39, 0.29) is 56.2 Å². The number of fused-ring (bicyclic) bond motifs is 2. The number of ether oxygens (including phenoxy) is 2. The van der Waals surface area contributed by atoms with Crippen LogP contribution in [-0.4, -0.2) is 106 Å². The zero-order valence-electron chi connectivity index (χ0n) is 39.0. The van der Waals surface area contributed by atoms with Crippen LogP contribution in [0, 0.1) is 0 Å². The average molecular weight is 1080 g/mol. The number of aromatic nitrogens is 4. The van der Waals surface area contributed by atoms with Crippen molar-refractivity contribution in [3.05, 3.63) is 45.4 Å². The number of hydrogen-bond donors (Lipinski definition) is 2. The van der Waals surface area contributed by atoms with Crippen molar-refractivity contribution in [2.24, 2.45) is 20.5 Å². The van der Waals surface area contributed by atoms with E-state index in [2.05, 4.69) is 45.8 Å². The van der Waals surface area contributed by atoms with Crippen molar-refractivity contribution in [2.45, 2.75) is 104 Å². The Morgan fingerprint density at radius 3 is 1.48 bits per heavy atom. The van der Waals surface area contributed by atoms with Crippen LogP contribution < -0.4 is 19.2 Å². The van der Waals surface area contributed by atoms with Gasteiger partial charge in [0, 0.05) is 37.6 Å². The van der Waals surface area contributed by atoms with Gasteiger partial charge in [0.2, 0.25) is 20.0 Å². The van der Waals surface area contributed by atoms with Gasteiger partial charge in [-0.1, -0.05) is 63.2 Å². The van der Waals surface area contributed by atoms with Gasteiger partial charge in [-0.25, -0.2) is 18.0 Å². The molecule has 0 atom stereocenters. The number of unbranched alkanes of at least 4 members (excludes halogenated alkanes) is 2. The van der Waals surface area contributed by atoms with Crippen LogP contribution in [0.2, 0.25) is 0 Å². The number of nitrogens with one attached hydrogen (secondary N) is 2. The monoisotopic (exact) mass is 1080 g/mol. The molecule has 20 nitrogen and oxygen atoms in total. The van der Waals surface area contributed by atoms with Gasteiger partial charge in [0.05, 0.1) is 24.6 Å². The molecule has 2 aromatic carbocycles. The normalized spacial score (nSPS) is 14.2. The molecular weight excluding hydrogens is 1030 g/mol. The van der Waals surface area contributed by atoms with Crippen molar-refractivity contribution in [1.29, 1.82) is 0 Å². The summed E-state index contributed by atoms with van der Waals surface area (Å²) in [6, 6.07) is 5.95. The summed E-state index contributed by atoms with van der Waals surface area (Å²) in [6.45, 7) is 11.2. The third-order valence-corrected chi connectivity index (χ3v) is 14.0. The second-order valence-corrected chi connectivity index (χ2v) is 21.2. The lowest BCUT2D eigenvalue weighted by Crippen LogP contribution is -2.31. The molecule has 71 heavy (non-hydrogen) atoms. The number of halogens is 6. The Kier molecular flexibility index (Phi) is 20.0. The van der Waals surface area contributed by atoms with Crippen molar-refractivity contribution >= 4 is 99.0 Å². The van der Waals surface area contributed by atoms with E-state index in [1.165, 1.54) is 18.2 Å². The maximum Gasteiger partial charge on any atom is 0.516 e. The molecule has 0 aliphatic carbocycles. The fraction of sp³-hybridized carbons (Fsp3) is 0.561. The Bertz CT molecular complexity index is 2750. The van der Waals surface area contributed by atoms with Gasteiger partial charge in [0.15, 0.2) is 5.75 Å². The molecule has 6 rings (SSSR count). The fourth-order valence-corrected chi connectivity index (χ4v) is 9.65. The number of alkyl halides is 6. The van der Waals surface area contributed by atoms with Crippen LogP contribution in [0.4, 0.5) is 70.7 Å². The quantitative estimate of drug-likeness (QED) is 0.0341. The first-order valence-corrected chi connectivity index (χ1v) is 27.2. The van der Waals surface area contributed by atoms with Crippen molar-refractivity contribution in [3.63, 3.8) is 0 Å². The number of benzene rings is 2. The molecule has 0 radical (unpaired) electrons. The van der Waals surface area contributed by atoms with E-state index in [0.717, 1.165) is 84.6 Å². The number of sulfonamides is 2. The molecule has 2 N–H and O–H groups in total. The van der Waals surface area contributed by atoms with Crippen molar-refractivity contribution in [3.8, 4) is 0 Å². The average Bonchev–Trinajstić information content (AvgIpc) is 3.98. The van der Waals surface area contributed by atoms with Crippen LogP contribution in [-0.2, 0) is 42.4 Å². The minimum atomic E-state index is -5.69. The number of carbonyl (C=O) groups is 2. The van der Waals surface area contributed by atoms with Crippen LogP contribution >= 0.6 is 22.7 Å². The molecule has 2 aromatic heterocycles. The second-order valence-electron chi connectivity index (χ2n) is 15.9. The molecular formula is C41H52F6N12O8S4. The van der Waals surface area contributed by atoms with E-state index >= 15 is 0 Å². The topological polar surface area (TPSA) is 252 Å². The Hall–Kier alpha value is -5.62. The summed E-state index contributed by atoms with van der Waals surface area (Å²) >= 11 is 1.62. The van der Waals surface area contributed by atoms with Crippen molar-refractivity contribution in [2.75, 3.05) is 64.4 Å². The van der Waals surface area contributed by atoms with Gasteiger partial charge >= 0.3 is 33.6 Å². The van der Waals surface area contributed by atoms with E-state index in [9.17, 15) is 52.8 Å². The van der Waals surface area contributed by atoms with Crippen LogP contribution in [0.15, 0.2) is 44.7 Å². The third-order valence-electron chi connectivity index (χ3n) is 10.1. The number of hydrogen-bond acceptors (Lipinski definition) is 20. The fourth-order valence-electron chi connectivity index (χ4n) is 6.96. The lowest BCUT2D eigenvalue weighted by Gasteiger charge is -2.32. The van der Waals surface area contributed by atoms with E-state index in [0.29, 0.717) is 51.0 Å². The molecule has 2 aliphatic heterocycles. The predicted octanol–water partition coefficient (Wildman–Crippen LogP) is 10.7. The molecule has 2 aliphatic rings. The van der Waals surface area contributed by atoms with Gasteiger partial charge in [-0.05, 0) is 86.8 Å². The molecule has 390 valence electrons. The number of aryl methyl sites for hydroxylation is 2. The molecule has 0 spiro atoms. The minimum absolute atomic E-state index is 0.00636. The van der Waals surface area contributed by atoms with Gasteiger partial charge in [-0.2, -0.15) is 34.8 Å². The summed E-state index contributed by atoms with van der Waals surface area (Å²) in [4.78, 5) is 28.0. The third kappa shape index (κ3) is 16.5. The first-order chi connectivity index (χ1) is 33.6. The highest BCUT2D eigenvalue weighted by molar-refractivity contribution is 7.93.